The maximum absolute atomic E-state index is 14.4. The van der Waals surface area contributed by atoms with Crippen LogP contribution in [0.4, 0.5) is 23.2 Å². The normalized spacial score (nSPS) is 17.8. The molecule has 4 rings (SSSR count). The summed E-state index contributed by atoms with van der Waals surface area (Å²) in [6, 6.07) is 11.1. The van der Waals surface area contributed by atoms with Gasteiger partial charge in [-0.3, -0.25) is 4.79 Å². The van der Waals surface area contributed by atoms with E-state index in [0.29, 0.717) is 11.1 Å². The van der Waals surface area contributed by atoms with Crippen molar-refractivity contribution in [3.63, 3.8) is 0 Å². The van der Waals surface area contributed by atoms with E-state index in [1.165, 1.54) is 37.3 Å². The number of halogens is 5. The van der Waals surface area contributed by atoms with Crippen molar-refractivity contribution in [3.8, 4) is 11.1 Å². The lowest BCUT2D eigenvalue weighted by atomic mass is 9.77. The van der Waals surface area contributed by atoms with Gasteiger partial charge in [0.1, 0.15) is 5.82 Å². The van der Waals surface area contributed by atoms with Crippen LogP contribution in [0.15, 0.2) is 54.6 Å². The van der Waals surface area contributed by atoms with Crippen LogP contribution < -0.4 is 5.32 Å². The van der Waals surface area contributed by atoms with Crippen LogP contribution >= 0.6 is 11.6 Å². The average molecular weight is 522 g/mol. The Morgan fingerprint density at radius 2 is 1.69 bits per heavy atom. The first-order valence-electron chi connectivity index (χ1n) is 10.8. The fraction of sp³-hybridized carbons (Fsp3) is 0.231. The lowest BCUT2D eigenvalue weighted by molar-refractivity contribution is -0.274. The molecule has 36 heavy (non-hydrogen) atoms. The number of hydrogen-bond donors (Lipinski definition) is 3. The summed E-state index contributed by atoms with van der Waals surface area (Å²) in [5, 5.41) is 22.5. The van der Waals surface area contributed by atoms with Gasteiger partial charge in [-0.2, -0.15) is 13.2 Å². The number of amides is 1. The van der Waals surface area contributed by atoms with Gasteiger partial charge in [-0.05, 0) is 59.0 Å². The van der Waals surface area contributed by atoms with E-state index in [1.807, 2.05) is 0 Å². The molecular weight excluding hydrogens is 502 g/mol. The van der Waals surface area contributed by atoms with Crippen molar-refractivity contribution in [1.29, 1.82) is 0 Å². The van der Waals surface area contributed by atoms with Crippen LogP contribution in [0.25, 0.3) is 11.1 Å². The Morgan fingerprint density at radius 1 is 1.06 bits per heavy atom. The fourth-order valence-corrected chi connectivity index (χ4v) is 4.82. The number of anilines is 1. The number of carboxylic acid groups (broad SMARTS) is 1. The van der Waals surface area contributed by atoms with Crippen LogP contribution in [0, 0.1) is 5.82 Å². The van der Waals surface area contributed by atoms with E-state index in [0.717, 1.165) is 24.3 Å². The molecule has 10 heteroatoms. The number of carboxylic acids is 1. The van der Waals surface area contributed by atoms with E-state index in [9.17, 15) is 32.3 Å². The molecule has 0 saturated heterocycles. The monoisotopic (exact) mass is 521 g/mol. The minimum atomic E-state index is -5.10. The second-order valence-corrected chi connectivity index (χ2v) is 9.14. The molecule has 188 valence electrons. The molecule has 5 nitrogen and oxygen atoms in total. The van der Waals surface area contributed by atoms with Gasteiger partial charge in [0.05, 0.1) is 11.5 Å². The largest absolute Gasteiger partial charge is 0.478 e. The molecule has 1 aliphatic heterocycles. The van der Waals surface area contributed by atoms with Crippen LogP contribution in [-0.2, 0) is 10.4 Å². The van der Waals surface area contributed by atoms with E-state index in [1.54, 1.807) is 6.92 Å². The smallest absolute Gasteiger partial charge is 0.422 e. The average Bonchev–Trinajstić information content (AvgIpc) is 3.09. The lowest BCUT2D eigenvalue weighted by Crippen LogP contribution is -2.46. The van der Waals surface area contributed by atoms with Crippen LogP contribution in [0.5, 0.6) is 0 Å². The Morgan fingerprint density at radius 3 is 2.28 bits per heavy atom. The zero-order valence-corrected chi connectivity index (χ0v) is 19.7. The fourth-order valence-electron chi connectivity index (χ4n) is 4.47. The predicted octanol–water partition coefficient (Wildman–Crippen LogP) is 6.45. The molecule has 1 aliphatic rings. The Hall–Kier alpha value is -3.43. The van der Waals surface area contributed by atoms with Crippen molar-refractivity contribution in [2.45, 2.75) is 37.5 Å². The number of aromatic carboxylic acids is 1. The number of carbonyl (C=O) groups excluding carboxylic acids is 1. The third-order valence-corrected chi connectivity index (χ3v) is 7.00. The van der Waals surface area contributed by atoms with Crippen LogP contribution in [-0.4, -0.2) is 28.3 Å². The highest BCUT2D eigenvalue weighted by molar-refractivity contribution is 6.31. The van der Waals surface area contributed by atoms with Gasteiger partial charge in [-0.25, -0.2) is 9.18 Å². The number of rotatable bonds is 5. The Balaban J connectivity index is 1.75. The molecular formula is C26H20ClF4NO4. The highest BCUT2D eigenvalue weighted by Crippen LogP contribution is 2.51. The summed E-state index contributed by atoms with van der Waals surface area (Å²) < 4.78 is 57.3. The van der Waals surface area contributed by atoms with Crippen molar-refractivity contribution in [2.24, 2.45) is 0 Å². The third kappa shape index (κ3) is 4.12. The maximum atomic E-state index is 14.4. The van der Waals surface area contributed by atoms with E-state index in [2.05, 4.69) is 5.32 Å². The number of nitrogens with one attached hydrogen (secondary N) is 1. The third-order valence-electron chi connectivity index (χ3n) is 6.67. The van der Waals surface area contributed by atoms with E-state index in [4.69, 9.17) is 16.7 Å². The zero-order chi connectivity index (χ0) is 26.6. The van der Waals surface area contributed by atoms with Crippen molar-refractivity contribution >= 4 is 29.2 Å². The SMILES string of the molecule is CC1C(=O)Nc2cc(C(O)(C(C)c3ccc(-c4ccc(C(=O)O)c(F)c4)cc3Cl)C(F)(F)F)ccc21. The Labute approximate surface area is 208 Å². The molecule has 3 aromatic carbocycles. The molecule has 0 spiro atoms. The van der Waals surface area contributed by atoms with Gasteiger partial charge in [0.2, 0.25) is 5.91 Å². The van der Waals surface area contributed by atoms with Crippen molar-refractivity contribution < 1.29 is 37.4 Å². The van der Waals surface area contributed by atoms with Crippen molar-refractivity contribution in [2.75, 3.05) is 5.32 Å². The van der Waals surface area contributed by atoms with Crippen molar-refractivity contribution in [1.82, 2.24) is 0 Å². The number of alkyl halides is 3. The Kier molecular flexibility index (Phi) is 6.34. The number of hydrogen-bond acceptors (Lipinski definition) is 3. The second kappa shape index (κ2) is 8.90. The van der Waals surface area contributed by atoms with Gasteiger partial charge in [0, 0.05) is 16.6 Å². The molecule has 3 unspecified atom stereocenters. The minimum absolute atomic E-state index is 0.0132. The van der Waals surface area contributed by atoms with Gasteiger partial charge in [-0.1, -0.05) is 48.9 Å². The van der Waals surface area contributed by atoms with E-state index >= 15 is 0 Å². The summed E-state index contributed by atoms with van der Waals surface area (Å²) >= 11 is 6.35. The highest BCUT2D eigenvalue weighted by atomic mass is 35.5. The minimum Gasteiger partial charge on any atom is -0.478 e. The van der Waals surface area contributed by atoms with Gasteiger partial charge in [-0.15, -0.1) is 0 Å². The van der Waals surface area contributed by atoms with Gasteiger partial charge < -0.3 is 15.5 Å². The number of benzene rings is 3. The summed E-state index contributed by atoms with van der Waals surface area (Å²) in [5.41, 5.74) is -2.99. The molecule has 1 amide bonds. The topological polar surface area (TPSA) is 86.6 Å². The summed E-state index contributed by atoms with van der Waals surface area (Å²) in [4.78, 5) is 23.0. The summed E-state index contributed by atoms with van der Waals surface area (Å²) in [6.45, 7) is 2.81. The highest BCUT2D eigenvalue weighted by Gasteiger charge is 2.59. The molecule has 0 bridgehead atoms. The first-order valence-corrected chi connectivity index (χ1v) is 11.2. The summed E-state index contributed by atoms with van der Waals surface area (Å²) in [6.07, 6.45) is -5.10. The van der Waals surface area contributed by atoms with E-state index in [-0.39, 0.29) is 27.7 Å². The molecule has 3 atom stereocenters. The molecule has 1 heterocycles. The maximum Gasteiger partial charge on any atom is 0.422 e. The molecule has 0 aromatic heterocycles. The molecule has 3 N–H and O–H groups in total. The summed E-state index contributed by atoms with van der Waals surface area (Å²) in [5.74, 6) is -4.86. The first kappa shape index (κ1) is 25.7. The number of aliphatic hydroxyl groups is 1. The van der Waals surface area contributed by atoms with E-state index < -0.39 is 46.5 Å². The lowest BCUT2D eigenvalue weighted by Gasteiger charge is -2.37. The van der Waals surface area contributed by atoms with Gasteiger partial charge in [0.15, 0.2) is 5.60 Å². The molecule has 0 aliphatic carbocycles. The van der Waals surface area contributed by atoms with Crippen LogP contribution in [0.2, 0.25) is 5.02 Å². The van der Waals surface area contributed by atoms with Gasteiger partial charge >= 0.3 is 12.1 Å². The zero-order valence-electron chi connectivity index (χ0n) is 19.0. The molecule has 0 fully saturated rings. The molecule has 0 radical (unpaired) electrons. The Bertz CT molecular complexity index is 1390. The van der Waals surface area contributed by atoms with Crippen LogP contribution in [0.1, 0.15) is 52.7 Å². The van der Waals surface area contributed by atoms with Gasteiger partial charge in [0.25, 0.3) is 0 Å². The standard InChI is InChI=1S/C26H20ClF4NO4/c1-12-17-8-5-16(11-22(17)32-23(12)33)25(36,26(29,30)31)13(2)18-6-3-14(9-20(18)27)15-4-7-19(24(34)35)21(28)10-15/h3-13,36H,1-2H3,(H,32,33)(H,34,35). The molecule has 3 aromatic rings. The second-order valence-electron chi connectivity index (χ2n) is 8.73. The van der Waals surface area contributed by atoms with Crippen LogP contribution in [0.3, 0.4) is 0 Å². The van der Waals surface area contributed by atoms with Crippen molar-refractivity contribution in [3.05, 3.63) is 87.7 Å². The predicted molar refractivity (Wildman–Crippen MR) is 126 cm³/mol. The quantitative estimate of drug-likeness (QED) is 0.337. The number of fused-ring (bicyclic) bond motifs is 1. The first-order chi connectivity index (χ1) is 16.8. The summed E-state index contributed by atoms with van der Waals surface area (Å²) in [7, 11) is 0. The number of carbonyl (C=O) groups is 2. The molecule has 0 saturated carbocycles.